The average molecular weight is 383 g/mol. The van der Waals surface area contributed by atoms with E-state index in [4.69, 9.17) is 4.74 Å². The lowest BCUT2D eigenvalue weighted by Gasteiger charge is -2.15. The van der Waals surface area contributed by atoms with E-state index < -0.39 is 17.8 Å². The van der Waals surface area contributed by atoms with Crippen LogP contribution in [0.4, 0.5) is 13.2 Å². The molecule has 3 N–H and O–H groups in total. The molecule has 0 aromatic heterocycles. The highest BCUT2D eigenvalue weighted by atomic mass is 35.5. The lowest BCUT2D eigenvalue weighted by molar-refractivity contribution is -0.137. The number of ether oxygens (including phenoxy) is 1. The minimum atomic E-state index is -4.39. The third kappa shape index (κ3) is 7.50. The first-order valence-electron chi connectivity index (χ1n) is 7.83. The van der Waals surface area contributed by atoms with Crippen LogP contribution in [0.2, 0.25) is 0 Å². The molecule has 2 rings (SSSR count). The fraction of sp³-hybridized carbons (Fsp3) is 0.562. The van der Waals surface area contributed by atoms with E-state index in [1.165, 1.54) is 12.1 Å². The predicted molar refractivity (Wildman–Crippen MR) is 88.8 cm³/mol. The van der Waals surface area contributed by atoms with Crippen molar-refractivity contribution in [1.82, 2.24) is 10.6 Å². The van der Waals surface area contributed by atoms with Crippen molar-refractivity contribution in [3.05, 3.63) is 29.8 Å². The predicted octanol–water partition coefficient (Wildman–Crippen LogP) is 2.13. The van der Waals surface area contributed by atoms with E-state index in [0.29, 0.717) is 6.42 Å². The molecule has 0 saturated carbocycles. The van der Waals surface area contributed by atoms with Gasteiger partial charge in [0, 0.05) is 19.0 Å². The number of aliphatic hydroxyl groups is 1. The van der Waals surface area contributed by atoms with E-state index in [2.05, 4.69) is 10.6 Å². The van der Waals surface area contributed by atoms with Gasteiger partial charge >= 0.3 is 6.18 Å². The van der Waals surface area contributed by atoms with Gasteiger partial charge < -0.3 is 20.5 Å². The molecule has 142 valence electrons. The highest BCUT2D eigenvalue weighted by molar-refractivity contribution is 5.85. The monoisotopic (exact) mass is 382 g/mol. The van der Waals surface area contributed by atoms with Gasteiger partial charge in [-0.3, -0.25) is 4.79 Å². The molecule has 1 aromatic carbocycles. The summed E-state index contributed by atoms with van der Waals surface area (Å²) in [6.45, 7) is 0.834. The molecular weight excluding hydrogens is 361 g/mol. The van der Waals surface area contributed by atoms with Gasteiger partial charge in [-0.15, -0.1) is 12.4 Å². The number of carbonyl (C=O) groups excluding carboxylic acids is 1. The van der Waals surface area contributed by atoms with Crippen molar-refractivity contribution in [1.29, 1.82) is 0 Å². The molecule has 0 radical (unpaired) electrons. The van der Waals surface area contributed by atoms with Gasteiger partial charge in [-0.1, -0.05) is 0 Å². The van der Waals surface area contributed by atoms with E-state index in [0.717, 1.165) is 31.5 Å². The molecule has 1 aliphatic rings. The summed E-state index contributed by atoms with van der Waals surface area (Å²) in [7, 11) is 0. The average Bonchev–Trinajstić information content (AvgIpc) is 3.03. The third-order valence-corrected chi connectivity index (χ3v) is 3.75. The first-order valence-corrected chi connectivity index (χ1v) is 7.83. The minimum Gasteiger partial charge on any atom is -0.491 e. The summed E-state index contributed by atoms with van der Waals surface area (Å²) in [4.78, 5) is 11.7. The van der Waals surface area contributed by atoms with Crippen LogP contribution in [0.25, 0.3) is 0 Å². The smallest absolute Gasteiger partial charge is 0.416 e. The molecule has 1 fully saturated rings. The van der Waals surface area contributed by atoms with Crippen molar-refractivity contribution in [2.24, 2.45) is 0 Å². The molecule has 1 aromatic rings. The highest BCUT2D eigenvalue weighted by Crippen LogP contribution is 2.30. The Labute approximate surface area is 150 Å². The van der Waals surface area contributed by atoms with Crippen LogP contribution in [0, 0.1) is 0 Å². The van der Waals surface area contributed by atoms with E-state index in [9.17, 15) is 23.1 Å². The number of rotatable bonds is 7. The number of aliphatic hydroxyl groups excluding tert-OH is 1. The summed E-state index contributed by atoms with van der Waals surface area (Å²) in [6, 6.07) is 4.40. The molecule has 1 aliphatic heterocycles. The van der Waals surface area contributed by atoms with Gasteiger partial charge in [0.2, 0.25) is 5.91 Å². The molecule has 25 heavy (non-hydrogen) atoms. The maximum atomic E-state index is 12.4. The Morgan fingerprint density at radius 3 is 2.60 bits per heavy atom. The second-order valence-electron chi connectivity index (χ2n) is 5.79. The molecule has 2 unspecified atom stereocenters. The van der Waals surface area contributed by atoms with Gasteiger partial charge in [-0.05, 0) is 43.7 Å². The molecule has 0 aliphatic carbocycles. The first-order chi connectivity index (χ1) is 11.3. The molecule has 1 saturated heterocycles. The maximum Gasteiger partial charge on any atom is 0.416 e. The zero-order valence-electron chi connectivity index (χ0n) is 13.5. The van der Waals surface area contributed by atoms with Crippen LogP contribution in [0.1, 0.15) is 24.8 Å². The Balaban J connectivity index is 0.00000312. The quantitative estimate of drug-likeness (QED) is 0.675. The Kier molecular flexibility index (Phi) is 8.47. The Morgan fingerprint density at radius 2 is 2.04 bits per heavy atom. The summed E-state index contributed by atoms with van der Waals surface area (Å²) in [5.74, 6) is 0.0755. The van der Waals surface area contributed by atoms with Crippen LogP contribution in [0.5, 0.6) is 5.75 Å². The van der Waals surface area contributed by atoms with Gasteiger partial charge in [0.15, 0.2) is 0 Å². The summed E-state index contributed by atoms with van der Waals surface area (Å²) < 4.78 is 42.5. The van der Waals surface area contributed by atoms with Gasteiger partial charge in [0.1, 0.15) is 18.5 Å². The van der Waals surface area contributed by atoms with Crippen molar-refractivity contribution in [3.63, 3.8) is 0 Å². The fourth-order valence-corrected chi connectivity index (χ4v) is 2.45. The SMILES string of the molecule is Cl.O=C(CC1CCCN1)NCC(O)COc1ccc(C(F)(F)F)cc1. The van der Waals surface area contributed by atoms with E-state index >= 15 is 0 Å². The van der Waals surface area contributed by atoms with E-state index in [-0.39, 0.29) is 43.3 Å². The summed E-state index contributed by atoms with van der Waals surface area (Å²) in [6.07, 6.45) is -2.94. The summed E-state index contributed by atoms with van der Waals surface area (Å²) in [5, 5.41) is 15.6. The molecule has 1 heterocycles. The number of alkyl halides is 3. The second kappa shape index (κ2) is 9.84. The van der Waals surface area contributed by atoms with E-state index in [1.54, 1.807) is 0 Å². The topological polar surface area (TPSA) is 70.6 Å². The number of hydrogen-bond acceptors (Lipinski definition) is 4. The molecule has 5 nitrogen and oxygen atoms in total. The lowest BCUT2D eigenvalue weighted by atomic mass is 10.1. The molecule has 0 spiro atoms. The Hall–Kier alpha value is -1.51. The largest absolute Gasteiger partial charge is 0.491 e. The first kappa shape index (κ1) is 21.5. The van der Waals surface area contributed by atoms with Crippen LogP contribution in [0.15, 0.2) is 24.3 Å². The van der Waals surface area contributed by atoms with Crippen LogP contribution in [0.3, 0.4) is 0 Å². The molecule has 2 atom stereocenters. The van der Waals surface area contributed by atoms with Crippen molar-refractivity contribution in [3.8, 4) is 5.75 Å². The zero-order valence-corrected chi connectivity index (χ0v) is 14.3. The number of amides is 1. The van der Waals surface area contributed by atoms with E-state index in [1.807, 2.05) is 0 Å². The fourth-order valence-electron chi connectivity index (χ4n) is 2.45. The van der Waals surface area contributed by atoms with Crippen molar-refractivity contribution in [2.75, 3.05) is 19.7 Å². The van der Waals surface area contributed by atoms with Crippen LogP contribution < -0.4 is 15.4 Å². The van der Waals surface area contributed by atoms with Gasteiger partial charge in [0.05, 0.1) is 5.56 Å². The zero-order chi connectivity index (χ0) is 17.6. The number of benzene rings is 1. The number of carbonyl (C=O) groups is 1. The van der Waals surface area contributed by atoms with Crippen molar-refractivity contribution >= 4 is 18.3 Å². The maximum absolute atomic E-state index is 12.4. The molecular formula is C16H22ClF3N2O3. The highest BCUT2D eigenvalue weighted by Gasteiger charge is 2.30. The van der Waals surface area contributed by atoms with Gasteiger partial charge in [0.25, 0.3) is 0 Å². The number of nitrogens with one attached hydrogen (secondary N) is 2. The second-order valence-corrected chi connectivity index (χ2v) is 5.79. The molecule has 9 heteroatoms. The van der Waals surface area contributed by atoms with Gasteiger partial charge in [-0.2, -0.15) is 13.2 Å². The minimum absolute atomic E-state index is 0. The number of hydrogen-bond donors (Lipinski definition) is 3. The molecule has 0 bridgehead atoms. The summed E-state index contributed by atoms with van der Waals surface area (Å²) >= 11 is 0. The Morgan fingerprint density at radius 1 is 1.36 bits per heavy atom. The van der Waals surface area contributed by atoms with Crippen LogP contribution >= 0.6 is 12.4 Å². The standard InChI is InChI=1S/C16H21F3N2O3.ClH/c17-16(18,19)11-3-5-14(6-4-11)24-10-13(22)9-21-15(23)8-12-2-1-7-20-12;/h3-6,12-13,20,22H,1-2,7-10H2,(H,21,23);1H. The normalized spacial score (nSPS) is 18.3. The molecule has 1 amide bonds. The lowest BCUT2D eigenvalue weighted by Crippen LogP contribution is -2.38. The van der Waals surface area contributed by atoms with Crippen LogP contribution in [-0.4, -0.2) is 42.9 Å². The van der Waals surface area contributed by atoms with Crippen LogP contribution in [-0.2, 0) is 11.0 Å². The third-order valence-electron chi connectivity index (χ3n) is 3.75. The van der Waals surface area contributed by atoms with Crippen molar-refractivity contribution in [2.45, 2.75) is 37.6 Å². The summed E-state index contributed by atoms with van der Waals surface area (Å²) in [5.41, 5.74) is -0.761. The number of halogens is 4. The van der Waals surface area contributed by atoms with Gasteiger partial charge in [-0.25, -0.2) is 0 Å². The van der Waals surface area contributed by atoms with Crippen molar-refractivity contribution < 1.29 is 27.8 Å². The Bertz CT molecular complexity index is 534.